The molecule has 0 amide bonds. The van der Waals surface area contributed by atoms with Gasteiger partial charge in [0.1, 0.15) is 0 Å². The Hall–Kier alpha value is -1.64. The molecule has 0 fully saturated rings. The first-order chi connectivity index (χ1) is 7.17. The lowest BCUT2D eigenvalue weighted by atomic mass is 10.2. The van der Waals surface area contributed by atoms with E-state index in [1.54, 1.807) is 14.2 Å². The lowest BCUT2D eigenvalue weighted by Crippen LogP contribution is -1.93. The van der Waals surface area contributed by atoms with Gasteiger partial charge in [-0.3, -0.25) is 0 Å². The number of aromatic nitrogens is 1. The number of methoxy groups -OCH3 is 2. The van der Waals surface area contributed by atoms with Gasteiger partial charge in [0.05, 0.1) is 19.7 Å². The molecule has 0 aliphatic carbocycles. The summed E-state index contributed by atoms with van der Waals surface area (Å²) in [5.74, 6) is 1.54. The second-order valence-electron chi connectivity index (χ2n) is 3.61. The van der Waals surface area contributed by atoms with Crippen molar-refractivity contribution in [3.05, 3.63) is 23.9 Å². The van der Waals surface area contributed by atoms with E-state index in [1.165, 1.54) is 11.1 Å². The molecule has 0 radical (unpaired) electrons. The van der Waals surface area contributed by atoms with Crippen LogP contribution in [0.15, 0.2) is 18.2 Å². The molecule has 0 N–H and O–H groups in total. The summed E-state index contributed by atoms with van der Waals surface area (Å²) in [6.45, 7) is 2.08. The van der Waals surface area contributed by atoms with Crippen LogP contribution >= 0.6 is 0 Å². The maximum absolute atomic E-state index is 5.27. The van der Waals surface area contributed by atoms with Crippen molar-refractivity contribution in [2.24, 2.45) is 7.05 Å². The van der Waals surface area contributed by atoms with Gasteiger partial charge in [-0.1, -0.05) is 0 Å². The third-order valence-corrected chi connectivity index (χ3v) is 2.79. The summed E-state index contributed by atoms with van der Waals surface area (Å²) in [6.07, 6.45) is 0. The van der Waals surface area contributed by atoms with E-state index in [1.807, 2.05) is 19.2 Å². The largest absolute Gasteiger partial charge is 0.493 e. The predicted octanol–water partition coefficient (Wildman–Crippen LogP) is 2.50. The van der Waals surface area contributed by atoms with Gasteiger partial charge in [0.15, 0.2) is 11.5 Å². The minimum Gasteiger partial charge on any atom is -0.493 e. The second kappa shape index (κ2) is 3.50. The molecule has 1 aromatic heterocycles. The fraction of sp³-hybridized carbons (Fsp3) is 0.333. The maximum Gasteiger partial charge on any atom is 0.162 e. The van der Waals surface area contributed by atoms with Crippen molar-refractivity contribution in [1.29, 1.82) is 0 Å². The van der Waals surface area contributed by atoms with Gasteiger partial charge < -0.3 is 14.0 Å². The second-order valence-corrected chi connectivity index (χ2v) is 3.61. The van der Waals surface area contributed by atoms with Crippen molar-refractivity contribution in [2.45, 2.75) is 6.92 Å². The van der Waals surface area contributed by atoms with Gasteiger partial charge in [-0.25, -0.2) is 0 Å². The number of hydrogen-bond donors (Lipinski definition) is 0. The van der Waals surface area contributed by atoms with E-state index >= 15 is 0 Å². The Kier molecular flexibility index (Phi) is 2.31. The molecule has 1 aromatic carbocycles. The van der Waals surface area contributed by atoms with Gasteiger partial charge in [-0.05, 0) is 19.1 Å². The minimum absolute atomic E-state index is 0.770. The molecule has 2 rings (SSSR count). The molecule has 0 spiro atoms. The lowest BCUT2D eigenvalue weighted by molar-refractivity contribution is 0.355. The van der Waals surface area contributed by atoms with Crippen LogP contribution < -0.4 is 9.47 Å². The maximum atomic E-state index is 5.27. The van der Waals surface area contributed by atoms with Crippen LogP contribution in [-0.4, -0.2) is 18.8 Å². The Morgan fingerprint density at radius 1 is 1.00 bits per heavy atom. The Labute approximate surface area is 89.2 Å². The molecule has 0 aliphatic heterocycles. The summed E-state index contributed by atoms with van der Waals surface area (Å²) in [4.78, 5) is 0. The third-order valence-electron chi connectivity index (χ3n) is 2.79. The lowest BCUT2D eigenvalue weighted by Gasteiger charge is -2.08. The first-order valence-electron chi connectivity index (χ1n) is 4.85. The number of rotatable bonds is 2. The Bertz CT molecular complexity index is 500. The zero-order chi connectivity index (χ0) is 11.0. The van der Waals surface area contributed by atoms with Gasteiger partial charge in [0.2, 0.25) is 0 Å². The zero-order valence-corrected chi connectivity index (χ0v) is 9.50. The van der Waals surface area contributed by atoms with Crippen LogP contribution in [0.1, 0.15) is 5.69 Å². The highest BCUT2D eigenvalue weighted by Crippen LogP contribution is 2.33. The molecule has 80 valence electrons. The molecule has 15 heavy (non-hydrogen) atoms. The van der Waals surface area contributed by atoms with Crippen LogP contribution in [0.4, 0.5) is 0 Å². The van der Waals surface area contributed by atoms with Gasteiger partial charge in [-0.2, -0.15) is 0 Å². The van der Waals surface area contributed by atoms with Crippen LogP contribution in [0.5, 0.6) is 11.5 Å². The number of ether oxygens (including phenoxy) is 2. The molecule has 0 atom stereocenters. The smallest absolute Gasteiger partial charge is 0.162 e. The molecule has 1 heterocycles. The first-order valence-corrected chi connectivity index (χ1v) is 4.85. The van der Waals surface area contributed by atoms with Crippen molar-refractivity contribution in [1.82, 2.24) is 4.57 Å². The van der Waals surface area contributed by atoms with Gasteiger partial charge in [-0.15, -0.1) is 0 Å². The number of aryl methyl sites for hydroxylation is 2. The highest BCUT2D eigenvalue weighted by molar-refractivity contribution is 5.85. The van der Waals surface area contributed by atoms with E-state index in [0.717, 1.165) is 17.0 Å². The topological polar surface area (TPSA) is 23.4 Å². The monoisotopic (exact) mass is 205 g/mol. The molecule has 3 heteroatoms. The van der Waals surface area contributed by atoms with Crippen molar-refractivity contribution in [3.8, 4) is 11.5 Å². The average Bonchev–Trinajstić information content (AvgIpc) is 2.53. The predicted molar refractivity (Wildman–Crippen MR) is 60.8 cm³/mol. The average molecular weight is 205 g/mol. The van der Waals surface area contributed by atoms with E-state index in [0.29, 0.717) is 0 Å². The molecule has 0 bridgehead atoms. The SMILES string of the molecule is COc1cc2cc(C)n(C)c2cc1OC. The van der Waals surface area contributed by atoms with Gasteiger partial charge >= 0.3 is 0 Å². The number of nitrogens with zero attached hydrogens (tertiary/aromatic N) is 1. The highest BCUT2D eigenvalue weighted by atomic mass is 16.5. The Balaban J connectivity index is 2.75. The molecule has 0 aliphatic rings. The van der Waals surface area contributed by atoms with Crippen molar-refractivity contribution in [3.63, 3.8) is 0 Å². The number of hydrogen-bond acceptors (Lipinski definition) is 2. The summed E-state index contributed by atoms with van der Waals surface area (Å²) in [5, 5.41) is 1.17. The fourth-order valence-electron chi connectivity index (χ4n) is 1.80. The molecule has 3 nitrogen and oxygen atoms in total. The summed E-state index contributed by atoms with van der Waals surface area (Å²) < 4.78 is 12.7. The summed E-state index contributed by atoms with van der Waals surface area (Å²) >= 11 is 0. The Morgan fingerprint density at radius 2 is 1.60 bits per heavy atom. The molecule has 0 unspecified atom stereocenters. The van der Waals surface area contributed by atoms with Gasteiger partial charge in [0.25, 0.3) is 0 Å². The first kappa shape index (κ1) is 9.90. The van der Waals surface area contributed by atoms with Crippen molar-refractivity contribution in [2.75, 3.05) is 14.2 Å². The summed E-state index contributed by atoms with van der Waals surface area (Å²) in [5.41, 5.74) is 2.38. The van der Waals surface area contributed by atoms with E-state index in [4.69, 9.17) is 9.47 Å². The Morgan fingerprint density at radius 3 is 2.20 bits per heavy atom. The van der Waals surface area contributed by atoms with Crippen LogP contribution in [0.3, 0.4) is 0 Å². The van der Waals surface area contributed by atoms with Crippen molar-refractivity contribution >= 4 is 10.9 Å². The third kappa shape index (κ3) is 1.44. The van der Waals surface area contributed by atoms with Crippen LogP contribution in [0, 0.1) is 6.92 Å². The van der Waals surface area contributed by atoms with E-state index in [9.17, 15) is 0 Å². The van der Waals surface area contributed by atoms with Crippen LogP contribution in [0.25, 0.3) is 10.9 Å². The van der Waals surface area contributed by atoms with E-state index in [2.05, 4.69) is 17.6 Å². The molecular formula is C12H15NO2. The normalized spacial score (nSPS) is 10.7. The minimum atomic E-state index is 0.770. The van der Waals surface area contributed by atoms with Crippen molar-refractivity contribution < 1.29 is 9.47 Å². The number of benzene rings is 1. The van der Waals surface area contributed by atoms with Crippen LogP contribution in [-0.2, 0) is 7.05 Å². The van der Waals surface area contributed by atoms with E-state index in [-0.39, 0.29) is 0 Å². The number of fused-ring (bicyclic) bond motifs is 1. The zero-order valence-electron chi connectivity index (χ0n) is 9.50. The highest BCUT2D eigenvalue weighted by Gasteiger charge is 2.09. The molecular weight excluding hydrogens is 190 g/mol. The van der Waals surface area contributed by atoms with Crippen LogP contribution in [0.2, 0.25) is 0 Å². The molecule has 0 saturated carbocycles. The van der Waals surface area contributed by atoms with Gasteiger partial charge in [0, 0.05) is 24.2 Å². The summed E-state index contributed by atoms with van der Waals surface area (Å²) in [6, 6.07) is 6.14. The fourth-order valence-corrected chi connectivity index (χ4v) is 1.80. The molecule has 2 aromatic rings. The summed E-state index contributed by atoms with van der Waals surface area (Å²) in [7, 11) is 5.35. The quantitative estimate of drug-likeness (QED) is 0.752. The van der Waals surface area contributed by atoms with E-state index < -0.39 is 0 Å². The standard InChI is InChI=1S/C12H15NO2/c1-8-5-9-6-11(14-3)12(15-4)7-10(9)13(8)2/h5-7H,1-4H3. The molecule has 0 saturated heterocycles.